The minimum atomic E-state index is -8.64. The summed E-state index contributed by atoms with van der Waals surface area (Å²) in [7, 11) is 0. The first kappa shape index (κ1) is 28.3. The minimum absolute atomic E-state index is 0.328. The standard InChI is InChI=1S/C12H7F17O/c1-2-3-4-30-12(28,29)10(23,24)8(19,20)6(15,16)5(13,14)7(17,18)9(21,22)11(25,26)27/h3-4H,2H2,1H3. The van der Waals surface area contributed by atoms with Crippen molar-refractivity contribution in [2.75, 3.05) is 0 Å². The second-order valence-electron chi connectivity index (χ2n) is 5.36. The van der Waals surface area contributed by atoms with Gasteiger partial charge in [-0.15, -0.1) is 0 Å². The summed E-state index contributed by atoms with van der Waals surface area (Å²) in [6.07, 6.45) is -15.1. The molecule has 0 aliphatic rings. The second-order valence-corrected chi connectivity index (χ2v) is 5.36. The summed E-state index contributed by atoms with van der Waals surface area (Å²) in [4.78, 5) is 0. The van der Waals surface area contributed by atoms with E-state index in [4.69, 9.17) is 0 Å². The van der Waals surface area contributed by atoms with E-state index >= 15 is 0 Å². The highest BCUT2D eigenvalue weighted by molar-refractivity contribution is 5.14. The third-order valence-corrected chi connectivity index (χ3v) is 3.24. The van der Waals surface area contributed by atoms with E-state index in [9.17, 15) is 74.6 Å². The molecule has 0 atom stereocenters. The zero-order valence-corrected chi connectivity index (χ0v) is 13.7. The molecule has 0 aromatic carbocycles. The first-order valence-corrected chi connectivity index (χ1v) is 6.85. The van der Waals surface area contributed by atoms with Crippen molar-refractivity contribution in [2.45, 2.75) is 61.2 Å². The molecular weight excluding hydrogens is 483 g/mol. The Kier molecular flexibility index (Phi) is 7.08. The van der Waals surface area contributed by atoms with Gasteiger partial charge < -0.3 is 4.74 Å². The highest BCUT2D eigenvalue weighted by atomic mass is 19.4. The van der Waals surface area contributed by atoms with E-state index in [0.717, 1.165) is 6.92 Å². The van der Waals surface area contributed by atoms with Gasteiger partial charge in [0, 0.05) is 0 Å². The van der Waals surface area contributed by atoms with E-state index in [0.29, 0.717) is 6.08 Å². The molecule has 0 aromatic heterocycles. The molecule has 0 unspecified atom stereocenters. The number of halogens is 17. The molecule has 0 radical (unpaired) electrons. The Balaban J connectivity index is 6.59. The van der Waals surface area contributed by atoms with Crippen LogP contribution in [0.4, 0.5) is 74.6 Å². The van der Waals surface area contributed by atoms with Crippen LogP contribution < -0.4 is 0 Å². The molecule has 180 valence electrons. The smallest absolute Gasteiger partial charge is 0.436 e. The quantitative estimate of drug-likeness (QED) is 0.253. The number of alkyl halides is 17. The number of hydrogen-bond donors (Lipinski definition) is 0. The van der Waals surface area contributed by atoms with Crippen LogP contribution in [-0.2, 0) is 4.74 Å². The van der Waals surface area contributed by atoms with Crippen LogP contribution >= 0.6 is 0 Å². The van der Waals surface area contributed by atoms with Crippen molar-refractivity contribution in [1.29, 1.82) is 0 Å². The molecule has 0 aliphatic carbocycles. The molecule has 30 heavy (non-hydrogen) atoms. The molecule has 18 heteroatoms. The summed E-state index contributed by atoms with van der Waals surface area (Å²) in [6, 6.07) is 0. The van der Waals surface area contributed by atoms with E-state index in [2.05, 4.69) is 4.74 Å². The van der Waals surface area contributed by atoms with Gasteiger partial charge in [-0.25, -0.2) is 0 Å². The van der Waals surface area contributed by atoms with Crippen LogP contribution in [0.15, 0.2) is 12.3 Å². The SMILES string of the molecule is CCC=COC(F)(F)C(F)(F)C(F)(F)C(F)(F)C(F)(F)C(F)(F)C(F)(F)C(F)(F)F. The van der Waals surface area contributed by atoms with Crippen LogP contribution in [-0.4, -0.2) is 47.8 Å². The van der Waals surface area contributed by atoms with Crippen molar-refractivity contribution < 1.29 is 79.4 Å². The fourth-order valence-electron chi connectivity index (χ4n) is 1.45. The molecule has 0 heterocycles. The Hall–Kier alpha value is -1.65. The van der Waals surface area contributed by atoms with Gasteiger partial charge in [-0.3, -0.25) is 0 Å². The Bertz CT molecular complexity index is 629. The normalized spacial score (nSPS) is 16.3. The summed E-state index contributed by atoms with van der Waals surface area (Å²) < 4.78 is 221. The summed E-state index contributed by atoms with van der Waals surface area (Å²) in [5.41, 5.74) is 0. The molecule has 0 aromatic rings. The van der Waals surface area contributed by atoms with E-state index in [1.165, 1.54) is 0 Å². The molecule has 0 spiro atoms. The highest BCUT2D eigenvalue weighted by Gasteiger charge is 2.95. The topological polar surface area (TPSA) is 9.23 Å². The molecule has 0 saturated carbocycles. The van der Waals surface area contributed by atoms with Crippen molar-refractivity contribution in [3.8, 4) is 0 Å². The van der Waals surface area contributed by atoms with Gasteiger partial charge in [0.25, 0.3) is 0 Å². The third-order valence-electron chi connectivity index (χ3n) is 3.24. The molecule has 0 amide bonds. The van der Waals surface area contributed by atoms with Crippen molar-refractivity contribution in [3.63, 3.8) is 0 Å². The predicted octanol–water partition coefficient (Wildman–Crippen LogP) is 6.89. The predicted molar refractivity (Wildman–Crippen MR) is 61.2 cm³/mol. The minimum Gasteiger partial charge on any atom is -0.436 e. The molecule has 0 fully saturated rings. The number of ether oxygens (including phenoxy) is 1. The van der Waals surface area contributed by atoms with Gasteiger partial charge in [-0.1, -0.05) is 6.92 Å². The van der Waals surface area contributed by atoms with Crippen molar-refractivity contribution in [2.24, 2.45) is 0 Å². The van der Waals surface area contributed by atoms with Gasteiger partial charge in [-0.2, -0.15) is 74.6 Å². The van der Waals surface area contributed by atoms with Gasteiger partial charge in [-0.05, 0) is 12.5 Å². The second kappa shape index (κ2) is 7.49. The van der Waals surface area contributed by atoms with Crippen molar-refractivity contribution in [3.05, 3.63) is 12.3 Å². The van der Waals surface area contributed by atoms with Gasteiger partial charge in [0.2, 0.25) is 0 Å². The lowest BCUT2D eigenvalue weighted by Crippen LogP contribution is -2.74. The van der Waals surface area contributed by atoms with E-state index < -0.39 is 54.1 Å². The molecule has 0 saturated heterocycles. The first-order chi connectivity index (χ1) is 12.8. The third kappa shape index (κ3) is 3.73. The Morgan fingerprint density at radius 1 is 0.500 bits per heavy atom. The maximum atomic E-state index is 13.3. The highest BCUT2D eigenvalue weighted by Crippen LogP contribution is 2.63. The first-order valence-electron chi connectivity index (χ1n) is 6.85. The fraction of sp³-hybridized carbons (Fsp3) is 0.833. The van der Waals surface area contributed by atoms with Crippen LogP contribution in [0.2, 0.25) is 0 Å². The molecule has 0 aliphatic heterocycles. The summed E-state index contributed by atoms with van der Waals surface area (Å²) in [5, 5.41) is 0. The number of hydrogen-bond acceptors (Lipinski definition) is 1. The van der Waals surface area contributed by atoms with E-state index in [1.54, 1.807) is 0 Å². The average molecular weight is 490 g/mol. The Morgan fingerprint density at radius 2 is 0.800 bits per heavy atom. The monoisotopic (exact) mass is 490 g/mol. The maximum absolute atomic E-state index is 13.3. The molecule has 0 rings (SSSR count). The zero-order valence-electron chi connectivity index (χ0n) is 13.7. The van der Waals surface area contributed by atoms with Crippen LogP contribution in [0.1, 0.15) is 13.3 Å². The van der Waals surface area contributed by atoms with Gasteiger partial charge >= 0.3 is 47.8 Å². The zero-order chi connectivity index (χ0) is 24.8. The van der Waals surface area contributed by atoms with Crippen molar-refractivity contribution >= 4 is 0 Å². The number of rotatable bonds is 9. The van der Waals surface area contributed by atoms with Crippen LogP contribution in [0.25, 0.3) is 0 Å². The van der Waals surface area contributed by atoms with Gasteiger partial charge in [0.05, 0.1) is 6.26 Å². The lowest BCUT2D eigenvalue weighted by atomic mass is 9.90. The Labute approximate surface area is 154 Å². The largest absolute Gasteiger partial charge is 0.470 e. The van der Waals surface area contributed by atoms with Crippen LogP contribution in [0, 0.1) is 0 Å². The van der Waals surface area contributed by atoms with Crippen molar-refractivity contribution in [1.82, 2.24) is 0 Å². The molecular formula is C12H7F17O. The summed E-state index contributed by atoms with van der Waals surface area (Å²) >= 11 is 0. The fourth-order valence-corrected chi connectivity index (χ4v) is 1.45. The van der Waals surface area contributed by atoms with Gasteiger partial charge in [0.15, 0.2) is 0 Å². The summed E-state index contributed by atoms with van der Waals surface area (Å²) in [6.45, 7) is 1.10. The molecule has 0 bridgehead atoms. The number of allylic oxidation sites excluding steroid dienone is 1. The Morgan fingerprint density at radius 3 is 1.10 bits per heavy atom. The van der Waals surface area contributed by atoms with Crippen LogP contribution in [0.5, 0.6) is 0 Å². The van der Waals surface area contributed by atoms with Gasteiger partial charge in [0.1, 0.15) is 0 Å². The average Bonchev–Trinajstić information content (AvgIpc) is 2.52. The van der Waals surface area contributed by atoms with Crippen LogP contribution in [0.3, 0.4) is 0 Å². The van der Waals surface area contributed by atoms with E-state index in [-0.39, 0.29) is 6.42 Å². The molecule has 1 nitrogen and oxygen atoms in total. The summed E-state index contributed by atoms with van der Waals surface area (Å²) in [5.74, 6) is -50.1. The molecule has 0 N–H and O–H groups in total. The van der Waals surface area contributed by atoms with E-state index in [1.807, 2.05) is 0 Å². The lowest BCUT2D eigenvalue weighted by Gasteiger charge is -2.42. The lowest BCUT2D eigenvalue weighted by molar-refractivity contribution is -0.474. The maximum Gasteiger partial charge on any atom is 0.470 e.